The van der Waals surface area contributed by atoms with Crippen molar-refractivity contribution in [2.45, 2.75) is 25.7 Å². The number of hydrogen-bond acceptors (Lipinski definition) is 0. The van der Waals surface area contributed by atoms with E-state index in [1.165, 1.54) is 29.6 Å². The van der Waals surface area contributed by atoms with Crippen molar-refractivity contribution in [3.63, 3.8) is 0 Å². The zero-order chi connectivity index (χ0) is 6.53. The predicted octanol–water partition coefficient (Wildman–Crippen LogP) is -0.449. The average molecular weight is 338 g/mol. The second-order valence-corrected chi connectivity index (χ2v) is 3.71. The van der Waals surface area contributed by atoms with Crippen LogP contribution in [0, 0.1) is 0 Å². The first-order valence-electron chi connectivity index (χ1n) is 3.38. The fourth-order valence-electron chi connectivity index (χ4n) is 0.891. The second-order valence-electron chi connectivity index (χ2n) is 2.25. The van der Waals surface area contributed by atoms with Gasteiger partial charge in [0.2, 0.25) is 0 Å². The van der Waals surface area contributed by atoms with Crippen LogP contribution in [0.1, 0.15) is 25.7 Å². The molecule has 1 rings (SSSR count). The Labute approximate surface area is 80.1 Å². The maximum absolute atomic E-state index is 2.39. The van der Waals surface area contributed by atoms with Crippen LogP contribution in [-0.2, 0) is 19.8 Å². The third kappa shape index (κ3) is 4.30. The number of hydrogen-bond donors (Lipinski definition) is 0. The summed E-state index contributed by atoms with van der Waals surface area (Å²) in [5, 5.41) is 0. The van der Waals surface area contributed by atoms with Crippen molar-refractivity contribution in [2.24, 2.45) is 0 Å². The van der Waals surface area contributed by atoms with Gasteiger partial charge in [-0.25, -0.2) is 0 Å². The molecule has 0 amide bonds. The van der Waals surface area contributed by atoms with Gasteiger partial charge < -0.3 is 12.4 Å². The molecule has 0 radical (unpaired) electrons. The fourth-order valence-corrected chi connectivity index (χ4v) is 1.51. The molecule has 60 valence electrons. The second kappa shape index (κ2) is 6.19. The Morgan fingerprint density at radius 1 is 1.30 bits per heavy atom. The predicted molar refractivity (Wildman–Crippen MR) is 35.7 cm³/mol. The molecule has 0 bridgehead atoms. The fraction of sp³-hybridized carbons (Fsp3) is 0.500. The maximum atomic E-state index is 2.39. The quantitative estimate of drug-likeness (QED) is 0.562. The van der Waals surface area contributed by atoms with Gasteiger partial charge in [0.05, 0.1) is 0 Å². The number of halogens is 1. The van der Waals surface area contributed by atoms with Gasteiger partial charge in [0.25, 0.3) is 0 Å². The third-order valence-electron chi connectivity index (χ3n) is 1.42. The third-order valence-corrected chi connectivity index (χ3v) is 2.37. The minimum absolute atomic E-state index is 0. The van der Waals surface area contributed by atoms with Gasteiger partial charge in [0.1, 0.15) is 0 Å². The van der Waals surface area contributed by atoms with Crippen LogP contribution in [0.4, 0.5) is 0 Å². The summed E-state index contributed by atoms with van der Waals surface area (Å²) in [4.78, 5) is 0. The van der Waals surface area contributed by atoms with Gasteiger partial charge in [-0.05, 0) is 0 Å². The molecular formula is C8H11ClPt. The van der Waals surface area contributed by atoms with Crippen molar-refractivity contribution < 1.29 is 32.2 Å². The summed E-state index contributed by atoms with van der Waals surface area (Å²) in [6.45, 7) is 0. The van der Waals surface area contributed by atoms with Crippen LogP contribution in [0.5, 0.6) is 0 Å². The SMILES string of the molecule is [Cl-].[Pt+]/[C]1=C/C=C\CCCC1. The molecule has 0 fully saturated rings. The summed E-state index contributed by atoms with van der Waals surface area (Å²) in [7, 11) is 0. The Bertz CT molecular complexity index is 138. The van der Waals surface area contributed by atoms with Gasteiger partial charge in [0, 0.05) is 0 Å². The van der Waals surface area contributed by atoms with Gasteiger partial charge in [-0.1, -0.05) is 0 Å². The standard InChI is InChI=1S/C8H11.ClH.Pt/c1-2-4-6-8-7-5-3-1;;/h1-3H,4,6-8H2;1H;/q;;+1/p-1/b2-1-,5-3?;;. The van der Waals surface area contributed by atoms with E-state index < -0.39 is 0 Å². The van der Waals surface area contributed by atoms with E-state index >= 15 is 0 Å². The molecule has 10 heavy (non-hydrogen) atoms. The zero-order valence-corrected chi connectivity index (χ0v) is 8.78. The van der Waals surface area contributed by atoms with Gasteiger partial charge in [-0.3, -0.25) is 0 Å². The Balaban J connectivity index is 0.000000810. The molecule has 0 saturated carbocycles. The van der Waals surface area contributed by atoms with Crippen LogP contribution in [0.3, 0.4) is 0 Å². The van der Waals surface area contributed by atoms with E-state index in [0.29, 0.717) is 0 Å². The zero-order valence-electron chi connectivity index (χ0n) is 5.75. The Morgan fingerprint density at radius 2 is 2.10 bits per heavy atom. The summed E-state index contributed by atoms with van der Waals surface area (Å²) in [5.41, 5.74) is 0. The molecule has 0 aliphatic heterocycles. The molecule has 0 N–H and O–H groups in total. The first-order valence-corrected chi connectivity index (χ1v) is 4.51. The summed E-state index contributed by atoms with van der Waals surface area (Å²) >= 11 is 2.39. The molecule has 0 atom stereocenters. The van der Waals surface area contributed by atoms with E-state index in [4.69, 9.17) is 0 Å². The molecule has 0 aromatic heterocycles. The molecule has 0 aromatic rings. The van der Waals surface area contributed by atoms with Gasteiger partial charge >= 0.3 is 67.7 Å². The molecule has 0 spiro atoms. The normalized spacial score (nSPS) is 26.8. The van der Waals surface area contributed by atoms with Crippen LogP contribution >= 0.6 is 0 Å². The number of rotatable bonds is 0. The molecule has 1 aliphatic rings. The minimum atomic E-state index is 0. The van der Waals surface area contributed by atoms with E-state index in [1.54, 1.807) is 0 Å². The summed E-state index contributed by atoms with van der Waals surface area (Å²) in [6.07, 6.45) is 11.9. The van der Waals surface area contributed by atoms with Crippen LogP contribution in [0.15, 0.2) is 22.2 Å². The van der Waals surface area contributed by atoms with E-state index in [9.17, 15) is 0 Å². The molecule has 0 heterocycles. The molecule has 2 heteroatoms. The number of allylic oxidation sites excluding steroid dienone is 4. The summed E-state index contributed by atoms with van der Waals surface area (Å²) < 4.78 is 1.49. The van der Waals surface area contributed by atoms with Crippen LogP contribution in [0.2, 0.25) is 0 Å². The van der Waals surface area contributed by atoms with Crippen molar-refractivity contribution in [2.75, 3.05) is 0 Å². The monoisotopic (exact) mass is 337 g/mol. The average Bonchev–Trinajstić information content (AvgIpc) is 1.79. The van der Waals surface area contributed by atoms with Gasteiger partial charge in [0.15, 0.2) is 0 Å². The van der Waals surface area contributed by atoms with Crippen LogP contribution in [0.25, 0.3) is 0 Å². The van der Waals surface area contributed by atoms with Crippen LogP contribution < -0.4 is 12.4 Å². The first kappa shape index (κ1) is 10.5. The van der Waals surface area contributed by atoms with E-state index in [1.807, 2.05) is 0 Å². The van der Waals surface area contributed by atoms with Crippen molar-refractivity contribution in [3.05, 3.63) is 22.2 Å². The Morgan fingerprint density at radius 3 is 2.90 bits per heavy atom. The van der Waals surface area contributed by atoms with Crippen molar-refractivity contribution in [3.8, 4) is 0 Å². The molecule has 1 aliphatic carbocycles. The molecule has 0 nitrogen and oxygen atoms in total. The van der Waals surface area contributed by atoms with Crippen LogP contribution in [-0.4, -0.2) is 0 Å². The van der Waals surface area contributed by atoms with E-state index in [0.717, 1.165) is 0 Å². The van der Waals surface area contributed by atoms with Gasteiger partial charge in [-0.15, -0.1) is 0 Å². The van der Waals surface area contributed by atoms with Gasteiger partial charge in [-0.2, -0.15) is 0 Å². The van der Waals surface area contributed by atoms with E-state index in [2.05, 4.69) is 38.0 Å². The van der Waals surface area contributed by atoms with Crippen molar-refractivity contribution in [1.82, 2.24) is 0 Å². The van der Waals surface area contributed by atoms with Crippen molar-refractivity contribution in [1.29, 1.82) is 0 Å². The Hall–Kier alpha value is 0.458. The summed E-state index contributed by atoms with van der Waals surface area (Å²) in [5.74, 6) is 0. The van der Waals surface area contributed by atoms with Crippen molar-refractivity contribution >= 4 is 0 Å². The van der Waals surface area contributed by atoms with E-state index in [-0.39, 0.29) is 12.4 Å². The molecule has 0 saturated heterocycles. The first-order chi connectivity index (χ1) is 4.39. The molecule has 0 aromatic carbocycles. The summed E-state index contributed by atoms with van der Waals surface area (Å²) in [6, 6.07) is 0. The molecule has 0 unspecified atom stereocenters. The molecular weight excluding hydrogens is 327 g/mol. The topological polar surface area (TPSA) is 0 Å². The Kier molecular flexibility index (Phi) is 6.47.